The zero-order chi connectivity index (χ0) is 78.7. The van der Waals surface area contributed by atoms with Crippen LogP contribution in [0.3, 0.4) is 0 Å². The average molecular weight is 1510 g/mol. The maximum atomic E-state index is 15.8. The fourth-order valence-corrected chi connectivity index (χ4v) is 17.7. The Labute approximate surface area is 626 Å². The largest absolute Gasteiger partial charge is 0.393 e. The molecule has 13 atom stereocenters. The second kappa shape index (κ2) is 37.5. The van der Waals surface area contributed by atoms with E-state index in [-0.39, 0.29) is 89.8 Å². The normalized spacial score (nSPS) is 31.3. The molecule has 3 saturated carbocycles. The van der Waals surface area contributed by atoms with Crippen molar-refractivity contribution in [1.29, 1.82) is 0 Å². The number of amides is 12. The zero-order valence-corrected chi connectivity index (χ0v) is 66.5. The molecule has 5 fully saturated rings. The minimum atomic E-state index is -4.53. The highest BCUT2D eigenvalue weighted by Crippen LogP contribution is 2.50. The lowest BCUT2D eigenvalue weighted by molar-refractivity contribution is -0.182. The molecule has 2 bridgehead atoms. The molecule has 0 aromatic carbocycles. The SMILES string of the molecule is CCO[C@@H]1C[C@H]2C(=O)NC3(CC(C)(C)C3)C(=O)N(C)[C@@H](C(CC)CC)C(=O)N(C)[C@H](C(=O)N(C)C)CC(=O)N(C)[C@@H](C(C)C)C(=O)N[C@@H]([C@@H](C)CC)C(=O)N(C)CC(=O)N(C)[C@H]3C/C=C\CCN(C3=O)[C@@H](CC3CCC(C)CC3)C(=O)N(C)CC(=O)N[C@@H](CCC3CCC(C(F)(F)F)C(Cl)C3)C(=O)N2C1. The van der Waals surface area contributed by atoms with Crippen molar-refractivity contribution >= 4 is 82.5 Å². The summed E-state index contributed by atoms with van der Waals surface area (Å²) < 4.78 is 48.6. The van der Waals surface area contributed by atoms with Gasteiger partial charge in [-0.2, -0.15) is 13.2 Å². The average Bonchev–Trinajstić information content (AvgIpc) is 1.18. The van der Waals surface area contributed by atoms with Gasteiger partial charge in [-0.15, -0.1) is 11.6 Å². The van der Waals surface area contributed by atoms with Crippen LogP contribution in [0.1, 0.15) is 191 Å². The molecule has 3 aliphatic heterocycles. The summed E-state index contributed by atoms with van der Waals surface area (Å²) in [5.74, 6) is -11.4. The van der Waals surface area contributed by atoms with Gasteiger partial charge in [-0.1, -0.05) is 119 Å². The lowest BCUT2D eigenvalue weighted by atomic mass is 9.58. The van der Waals surface area contributed by atoms with E-state index in [2.05, 4.69) is 22.9 Å². The van der Waals surface area contributed by atoms with Crippen molar-refractivity contribution in [3.63, 3.8) is 0 Å². The first-order valence-electron chi connectivity index (χ1n) is 38.3. The minimum absolute atomic E-state index is 0.00885. The number of hydrogen-bond acceptors (Lipinski definition) is 13. The number of halogens is 4. The van der Waals surface area contributed by atoms with E-state index < -0.39 is 197 Å². The smallest absolute Gasteiger partial charge is 0.377 e. The summed E-state index contributed by atoms with van der Waals surface area (Å²) in [6, 6.07) is -10.3. The number of likely N-dealkylation sites (N-methyl/N-ethyl adjacent to an activating group) is 7. The van der Waals surface area contributed by atoms with Crippen LogP contribution in [0.15, 0.2) is 12.2 Å². The molecule has 3 N–H and O–H groups in total. The molecule has 12 amide bonds. The van der Waals surface area contributed by atoms with Gasteiger partial charge in [-0.05, 0) is 112 Å². The van der Waals surface area contributed by atoms with Gasteiger partial charge in [-0.25, -0.2) is 0 Å². The summed E-state index contributed by atoms with van der Waals surface area (Å²) in [4.78, 5) is 193. The van der Waals surface area contributed by atoms with Gasteiger partial charge in [0.25, 0.3) is 0 Å². The molecule has 594 valence electrons. The molecule has 6 aliphatic rings. The van der Waals surface area contributed by atoms with Crippen molar-refractivity contribution in [2.24, 2.45) is 46.8 Å². The molecule has 25 nitrogen and oxygen atoms in total. The van der Waals surface area contributed by atoms with Crippen molar-refractivity contribution in [3.8, 4) is 0 Å². The monoisotopic (exact) mass is 1500 g/mol. The molecule has 0 aromatic heterocycles. The summed E-state index contributed by atoms with van der Waals surface area (Å²) in [7, 11) is 11.4. The van der Waals surface area contributed by atoms with Crippen molar-refractivity contribution in [1.82, 2.24) is 60.0 Å². The van der Waals surface area contributed by atoms with Gasteiger partial charge in [-0.3, -0.25) is 57.5 Å². The summed E-state index contributed by atoms with van der Waals surface area (Å²) >= 11 is 6.46. The molecular formula is C76H124ClF3N12O13. The summed E-state index contributed by atoms with van der Waals surface area (Å²) in [5, 5.41) is 7.58. The predicted octanol–water partition coefficient (Wildman–Crippen LogP) is 6.62. The number of fused-ring (bicyclic) bond motifs is 3. The Bertz CT molecular complexity index is 3120. The van der Waals surface area contributed by atoms with E-state index in [0.29, 0.717) is 31.6 Å². The topological polar surface area (TPSA) is 279 Å². The van der Waals surface area contributed by atoms with Gasteiger partial charge in [0.2, 0.25) is 70.9 Å². The van der Waals surface area contributed by atoms with E-state index in [9.17, 15) is 41.9 Å². The molecule has 29 heteroatoms. The third-order valence-corrected chi connectivity index (χ3v) is 24.1. The van der Waals surface area contributed by atoms with Gasteiger partial charge in [0.05, 0.1) is 31.5 Å². The van der Waals surface area contributed by atoms with Gasteiger partial charge in [0, 0.05) is 87.9 Å². The number of nitrogens with zero attached hydrogens (tertiary/aromatic N) is 9. The molecule has 0 aromatic rings. The lowest BCUT2D eigenvalue weighted by Gasteiger charge is -2.54. The molecule has 105 heavy (non-hydrogen) atoms. The Hall–Kier alpha value is -6.58. The fraction of sp³-hybridized carbons (Fsp3) is 0.816. The maximum absolute atomic E-state index is 15.8. The highest BCUT2D eigenvalue weighted by atomic mass is 35.5. The predicted molar refractivity (Wildman–Crippen MR) is 392 cm³/mol. The van der Waals surface area contributed by atoms with Crippen LogP contribution in [0.2, 0.25) is 0 Å². The van der Waals surface area contributed by atoms with Crippen LogP contribution in [-0.2, 0) is 62.3 Å². The quantitative estimate of drug-likeness (QED) is 0.122. The second-order valence-electron chi connectivity index (χ2n) is 32.7. The van der Waals surface area contributed by atoms with E-state index in [0.717, 1.165) is 30.6 Å². The molecular weight excluding hydrogens is 1380 g/mol. The van der Waals surface area contributed by atoms with Gasteiger partial charge in [0.15, 0.2) is 0 Å². The van der Waals surface area contributed by atoms with Crippen LogP contribution in [-0.4, -0.2) is 276 Å². The lowest BCUT2D eigenvalue weighted by Crippen LogP contribution is -2.71. The minimum Gasteiger partial charge on any atom is -0.377 e. The van der Waals surface area contributed by atoms with Crippen LogP contribution in [0.4, 0.5) is 13.2 Å². The van der Waals surface area contributed by atoms with E-state index in [1.807, 2.05) is 40.7 Å². The molecule has 6 rings (SSSR count). The Kier molecular flexibility index (Phi) is 31.2. The summed E-state index contributed by atoms with van der Waals surface area (Å²) in [5.41, 5.74) is -2.21. The number of carbonyl (C=O) groups excluding carboxylic acids is 12. The van der Waals surface area contributed by atoms with Crippen molar-refractivity contribution in [2.75, 3.05) is 89.2 Å². The van der Waals surface area contributed by atoms with E-state index in [1.165, 1.54) is 95.6 Å². The fourth-order valence-electron chi connectivity index (χ4n) is 17.2. The molecule has 3 unspecified atom stereocenters. The highest BCUT2D eigenvalue weighted by molar-refractivity contribution is 6.21. The molecule has 2 saturated heterocycles. The maximum Gasteiger partial charge on any atom is 0.393 e. The Morgan fingerprint density at radius 1 is 0.676 bits per heavy atom. The Balaban J connectivity index is 1.49. The van der Waals surface area contributed by atoms with Gasteiger partial charge in [0.1, 0.15) is 53.9 Å². The van der Waals surface area contributed by atoms with Gasteiger partial charge < -0.3 is 64.8 Å². The molecule has 1 spiro atoms. The van der Waals surface area contributed by atoms with Crippen LogP contribution >= 0.6 is 11.6 Å². The Morgan fingerprint density at radius 3 is 1.86 bits per heavy atom. The molecule has 3 aliphatic carbocycles. The highest BCUT2D eigenvalue weighted by Gasteiger charge is 2.59. The summed E-state index contributed by atoms with van der Waals surface area (Å²) in [6.07, 6.45) is 2.79. The number of hydrogen-bond donors (Lipinski definition) is 3. The zero-order valence-electron chi connectivity index (χ0n) is 65.8. The number of rotatable bonds is 14. The van der Waals surface area contributed by atoms with Crippen LogP contribution in [0, 0.1) is 46.8 Å². The number of ether oxygens (including phenoxy) is 1. The van der Waals surface area contributed by atoms with Crippen LogP contribution < -0.4 is 16.0 Å². The van der Waals surface area contributed by atoms with Gasteiger partial charge >= 0.3 is 6.18 Å². The van der Waals surface area contributed by atoms with Crippen LogP contribution in [0.25, 0.3) is 0 Å². The van der Waals surface area contributed by atoms with Crippen molar-refractivity contribution < 1.29 is 75.4 Å². The van der Waals surface area contributed by atoms with Crippen molar-refractivity contribution in [2.45, 2.75) is 263 Å². The first-order chi connectivity index (χ1) is 49.1. The number of alkyl halides is 4. The molecule has 0 radical (unpaired) electrons. The third-order valence-electron chi connectivity index (χ3n) is 23.6. The first-order valence-corrected chi connectivity index (χ1v) is 38.8. The second-order valence-corrected chi connectivity index (χ2v) is 33.2. The Morgan fingerprint density at radius 2 is 1.30 bits per heavy atom. The first kappa shape index (κ1) is 87.3. The van der Waals surface area contributed by atoms with Crippen LogP contribution in [0.5, 0.6) is 0 Å². The van der Waals surface area contributed by atoms with E-state index >= 15 is 28.8 Å². The number of carbonyl (C=O) groups is 12. The summed E-state index contributed by atoms with van der Waals surface area (Å²) in [6.45, 7) is 17.4. The van der Waals surface area contributed by atoms with Crippen molar-refractivity contribution in [3.05, 3.63) is 12.2 Å². The van der Waals surface area contributed by atoms with E-state index in [1.54, 1.807) is 33.8 Å². The van der Waals surface area contributed by atoms with E-state index in [4.69, 9.17) is 16.3 Å². The number of nitrogens with one attached hydrogen (secondary N) is 3. The molecule has 3 heterocycles. The third kappa shape index (κ3) is 21.4. The standard InChI is InChI=1S/C76H124ClF3N12O13/c1-19-47(8)62-71(102)86(14)42-61(95)87(15)55-26-24-23-25-35-91(70(55)101)58(37-49-29-27-46(7)28-30-49)69(100)85(13)41-59(93)81-54(34-32-48-31-33-52(53(77)36-48)76(78,79)80)67(98)92-40-51(105-22-4)38-56(92)65(96)83-75(43-74(9,10)44-75)73(104)90(18)64(50(20-2)21-3)72(103)88(16)57(68(99)84(11)12)39-60(94)89(17)63(45(5)6)66(97)82-62/h23-24,45-58,62-64H,19-22,25-44H2,1-18H3,(H,81,93)(H,82,97)(H,83,96)/b24-23-/t46?,47-,48?,49?,51+,52?,53?,54-,55-,56-,57-,58-,62-,63-,64-/m0/s1.